The molecule has 1 aliphatic heterocycles. The zero-order valence-electron chi connectivity index (χ0n) is 36.6. The summed E-state index contributed by atoms with van der Waals surface area (Å²) < 4.78 is 125. The summed E-state index contributed by atoms with van der Waals surface area (Å²) in [4.78, 5) is 0. The highest BCUT2D eigenvalue weighted by molar-refractivity contribution is 5.80. The fraction of sp³-hybridized carbons (Fsp3) is 0.273. The van der Waals surface area contributed by atoms with Crippen molar-refractivity contribution in [3.05, 3.63) is 171 Å². The Kier molecular flexibility index (Phi) is 14.4. The number of fused-ring (bicyclic) bond motifs is 2. The van der Waals surface area contributed by atoms with E-state index in [1.54, 1.807) is 6.92 Å². The highest BCUT2D eigenvalue weighted by Crippen LogP contribution is 2.48. The van der Waals surface area contributed by atoms with Crippen molar-refractivity contribution >= 4 is 29.6 Å². The van der Waals surface area contributed by atoms with Gasteiger partial charge in [-0.3, -0.25) is 4.48 Å². The Morgan fingerprint density at radius 3 is 1.23 bits per heavy atom. The van der Waals surface area contributed by atoms with Crippen LogP contribution in [-0.2, 0) is 6.42 Å². The molecule has 7 rings (SSSR count). The fourth-order valence-corrected chi connectivity index (χ4v) is 9.09. The molecule has 332 valence electrons. The SMILES string of the molecule is CC=Cc1ccc2c(c1)[N+](CCCCCC)(CCCCCC)c1cc(C=Cc3ccc(-c4c(F)c(F)c(-c5c(F)c(F)c(-c6ccc(C)cc6)c(F)c5F)c(F)c4F)cc3)ccc1C2. The van der Waals surface area contributed by atoms with Gasteiger partial charge >= 0.3 is 0 Å². The molecule has 0 N–H and O–H groups in total. The van der Waals surface area contributed by atoms with E-state index in [4.69, 9.17) is 0 Å². The van der Waals surface area contributed by atoms with Crippen LogP contribution in [0.3, 0.4) is 0 Å². The topological polar surface area (TPSA) is 0 Å². The van der Waals surface area contributed by atoms with Gasteiger partial charge in [0.2, 0.25) is 0 Å². The molecule has 0 fully saturated rings. The third-order valence-electron chi connectivity index (χ3n) is 12.5. The minimum Gasteiger partial charge on any atom is -0.258 e. The van der Waals surface area contributed by atoms with Gasteiger partial charge in [-0.2, -0.15) is 0 Å². The van der Waals surface area contributed by atoms with Crippen molar-refractivity contribution in [1.82, 2.24) is 4.48 Å². The van der Waals surface area contributed by atoms with E-state index in [0.717, 1.165) is 68.1 Å². The van der Waals surface area contributed by atoms with E-state index >= 15 is 35.1 Å². The highest BCUT2D eigenvalue weighted by atomic mass is 19.2. The lowest BCUT2D eigenvalue weighted by molar-refractivity contribution is 0.348. The van der Waals surface area contributed by atoms with Gasteiger partial charge in [0.15, 0.2) is 46.5 Å². The summed E-state index contributed by atoms with van der Waals surface area (Å²) >= 11 is 0. The van der Waals surface area contributed by atoms with Gasteiger partial charge in [0.05, 0.1) is 35.3 Å². The Balaban J connectivity index is 1.21. The van der Waals surface area contributed by atoms with E-state index < -0.39 is 68.8 Å². The van der Waals surface area contributed by atoms with E-state index in [1.165, 1.54) is 89.4 Å². The Labute approximate surface area is 371 Å². The molecular formula is C55H52F8N+. The van der Waals surface area contributed by atoms with E-state index in [1.807, 2.05) is 19.1 Å². The second-order valence-electron chi connectivity index (χ2n) is 16.8. The molecule has 1 aliphatic rings. The number of allylic oxidation sites excluding steroid dienone is 1. The fourth-order valence-electron chi connectivity index (χ4n) is 9.09. The largest absolute Gasteiger partial charge is 0.258 e. The maximum absolute atomic E-state index is 15.7. The third-order valence-corrected chi connectivity index (χ3v) is 12.5. The van der Waals surface area contributed by atoms with Gasteiger partial charge in [-0.25, -0.2) is 35.1 Å². The molecule has 0 saturated carbocycles. The Morgan fingerprint density at radius 1 is 0.438 bits per heavy atom. The molecule has 0 bridgehead atoms. The van der Waals surface area contributed by atoms with Crippen molar-refractivity contribution in [2.75, 3.05) is 13.1 Å². The summed E-state index contributed by atoms with van der Waals surface area (Å²) in [7, 11) is 0. The number of hydrogen-bond acceptors (Lipinski definition) is 0. The molecular weight excluding hydrogens is 827 g/mol. The molecule has 0 amide bonds. The normalized spacial score (nSPS) is 13.2. The first-order valence-corrected chi connectivity index (χ1v) is 22.2. The maximum atomic E-state index is 15.7. The first-order valence-electron chi connectivity index (χ1n) is 22.2. The third kappa shape index (κ3) is 8.97. The average Bonchev–Trinajstić information content (AvgIpc) is 3.29. The number of unbranched alkanes of at least 4 members (excludes halogenated alkanes) is 6. The number of halogens is 8. The van der Waals surface area contributed by atoms with Gasteiger partial charge in [-0.15, -0.1) is 0 Å². The molecule has 0 spiro atoms. The van der Waals surface area contributed by atoms with Gasteiger partial charge in [0.25, 0.3) is 0 Å². The quantitative estimate of drug-likeness (QED) is 0.0299. The van der Waals surface area contributed by atoms with Crippen LogP contribution in [-0.4, -0.2) is 13.1 Å². The van der Waals surface area contributed by atoms with E-state index in [9.17, 15) is 0 Å². The summed E-state index contributed by atoms with van der Waals surface area (Å²) in [5, 5.41) is 0. The Morgan fingerprint density at radius 2 is 0.812 bits per heavy atom. The summed E-state index contributed by atoms with van der Waals surface area (Å²) in [6.07, 6.45) is 17.9. The predicted molar refractivity (Wildman–Crippen MR) is 246 cm³/mol. The van der Waals surface area contributed by atoms with Gasteiger partial charge < -0.3 is 0 Å². The van der Waals surface area contributed by atoms with Crippen molar-refractivity contribution in [3.8, 4) is 33.4 Å². The number of nitrogens with zero attached hydrogens (tertiary/aromatic N) is 1. The number of rotatable bonds is 16. The predicted octanol–water partition coefficient (Wildman–Crippen LogP) is 17.0. The summed E-state index contributed by atoms with van der Waals surface area (Å²) in [6.45, 7) is 10.1. The van der Waals surface area contributed by atoms with Crippen molar-refractivity contribution in [1.29, 1.82) is 0 Å². The first kappa shape index (κ1) is 46.2. The smallest absolute Gasteiger partial charge is 0.170 e. The average molecular weight is 879 g/mol. The van der Waals surface area contributed by atoms with Crippen LogP contribution in [0.2, 0.25) is 0 Å². The molecule has 9 heteroatoms. The van der Waals surface area contributed by atoms with Crippen LogP contribution in [0.25, 0.3) is 51.6 Å². The van der Waals surface area contributed by atoms with E-state index in [0.29, 0.717) is 11.1 Å². The van der Waals surface area contributed by atoms with Crippen molar-refractivity contribution in [2.24, 2.45) is 0 Å². The van der Waals surface area contributed by atoms with Gasteiger partial charge in [-0.05, 0) is 67.3 Å². The van der Waals surface area contributed by atoms with E-state index in [2.05, 4.69) is 62.4 Å². The zero-order chi connectivity index (χ0) is 45.7. The second kappa shape index (κ2) is 19.9. The van der Waals surface area contributed by atoms with Gasteiger partial charge in [0, 0.05) is 29.7 Å². The summed E-state index contributed by atoms with van der Waals surface area (Å²) in [5.74, 6) is -16.8. The zero-order valence-corrected chi connectivity index (χ0v) is 36.6. The van der Waals surface area contributed by atoms with Crippen LogP contribution >= 0.6 is 0 Å². The van der Waals surface area contributed by atoms with Crippen LogP contribution in [0.5, 0.6) is 0 Å². The van der Waals surface area contributed by atoms with Crippen molar-refractivity contribution in [3.63, 3.8) is 0 Å². The lowest BCUT2D eigenvalue weighted by atomic mass is 9.89. The Hall–Kier alpha value is -5.80. The molecule has 0 radical (unpaired) electrons. The lowest BCUT2D eigenvalue weighted by Crippen LogP contribution is -2.48. The number of quaternary nitrogens is 1. The van der Waals surface area contributed by atoms with Crippen LogP contribution in [0.1, 0.15) is 106 Å². The molecule has 6 aromatic carbocycles. The molecule has 1 nitrogen and oxygen atoms in total. The molecule has 0 unspecified atom stereocenters. The molecule has 0 atom stereocenters. The summed E-state index contributed by atoms with van der Waals surface area (Å²) in [6, 6.07) is 24.2. The Bertz CT molecular complexity index is 2640. The van der Waals surface area contributed by atoms with Crippen molar-refractivity contribution in [2.45, 2.75) is 85.5 Å². The minimum absolute atomic E-state index is 0.257. The molecule has 64 heavy (non-hydrogen) atoms. The van der Waals surface area contributed by atoms with Crippen LogP contribution < -0.4 is 4.48 Å². The van der Waals surface area contributed by atoms with Gasteiger partial charge in [0.1, 0.15) is 11.4 Å². The second-order valence-corrected chi connectivity index (χ2v) is 16.8. The lowest BCUT2D eigenvalue weighted by Gasteiger charge is -2.43. The highest BCUT2D eigenvalue weighted by Gasteiger charge is 2.41. The van der Waals surface area contributed by atoms with Crippen LogP contribution in [0, 0.1) is 53.5 Å². The van der Waals surface area contributed by atoms with Gasteiger partial charge in [-0.1, -0.05) is 142 Å². The number of aryl methyl sites for hydroxylation is 1. The number of hydrogen-bond donors (Lipinski definition) is 0. The monoisotopic (exact) mass is 878 g/mol. The summed E-state index contributed by atoms with van der Waals surface area (Å²) in [5.41, 5.74) is 2.06. The van der Waals surface area contributed by atoms with Crippen molar-refractivity contribution < 1.29 is 35.1 Å². The molecule has 0 aromatic heterocycles. The standard InChI is InChI=1S/C55H52F8N/c1-5-8-10-12-29-64(30-13-11-9-6-2)42-31-36(14-7-3)21-27-40(42)33-41-28-22-37(32-43(41)64)18-17-35-19-25-39(26-20-35)45-50(58)54(62)47(55(63)51(45)59)46-52(60)48(56)44(49(57)53(46)61)38-23-15-34(4)16-24-38/h7,14-28,31-32H,5-6,8-13,29-30,33H2,1-4H3/q+1. The first-order chi connectivity index (χ1) is 30.8. The van der Waals surface area contributed by atoms with Crippen LogP contribution in [0.15, 0.2) is 91.0 Å². The molecule has 1 heterocycles. The van der Waals surface area contributed by atoms with E-state index in [-0.39, 0.29) is 11.1 Å². The maximum Gasteiger partial charge on any atom is 0.170 e. The van der Waals surface area contributed by atoms with Crippen LogP contribution in [0.4, 0.5) is 46.5 Å². The minimum atomic E-state index is -2.21. The molecule has 6 aromatic rings. The molecule has 0 aliphatic carbocycles. The molecule has 0 saturated heterocycles. The number of benzene rings is 6.